The van der Waals surface area contributed by atoms with Crippen molar-refractivity contribution in [2.24, 2.45) is 0 Å². The van der Waals surface area contributed by atoms with Gasteiger partial charge in [-0.1, -0.05) is 54.6 Å². The highest BCUT2D eigenvalue weighted by atomic mass is 16.3. The molecule has 0 atom stereocenters. The van der Waals surface area contributed by atoms with Gasteiger partial charge in [-0.2, -0.15) is 0 Å². The minimum atomic E-state index is 0.895. The van der Waals surface area contributed by atoms with Crippen molar-refractivity contribution in [3.8, 4) is 5.69 Å². The number of fused-ring (bicyclic) bond motifs is 10. The average molecular weight is 384 g/mol. The zero-order valence-corrected chi connectivity index (χ0v) is 16.0. The minimum Gasteiger partial charge on any atom is -0.455 e. The second-order valence-electron chi connectivity index (χ2n) is 7.64. The van der Waals surface area contributed by atoms with E-state index in [1.54, 1.807) is 0 Å². The molecule has 0 aliphatic carbocycles. The van der Waals surface area contributed by atoms with Crippen LogP contribution in [0.1, 0.15) is 0 Å². The molecular formula is C27H16N2O. The van der Waals surface area contributed by atoms with Crippen LogP contribution in [0, 0.1) is 0 Å². The van der Waals surface area contributed by atoms with Gasteiger partial charge in [0.2, 0.25) is 0 Å². The number of nitrogens with zero attached hydrogens (tertiary/aromatic N) is 2. The summed E-state index contributed by atoms with van der Waals surface area (Å²) in [5, 5.41) is 6.96. The number of benzene rings is 4. The standard InChI is InChI=1S/C27H16N2O/c1-2-8-17(9-3-1)29-22-12-6-4-10-19(22)24-18-14-15-28-16-21(18)27-25(26(24)29)20-11-5-7-13-23(20)30-27/h1-16H. The van der Waals surface area contributed by atoms with Crippen LogP contribution in [-0.4, -0.2) is 9.55 Å². The molecule has 0 amide bonds. The third-order valence-corrected chi connectivity index (χ3v) is 6.06. The predicted molar refractivity (Wildman–Crippen MR) is 123 cm³/mol. The van der Waals surface area contributed by atoms with Crippen molar-refractivity contribution >= 4 is 54.5 Å². The number of hydrogen-bond donors (Lipinski definition) is 0. The third-order valence-electron chi connectivity index (χ3n) is 6.06. The second-order valence-corrected chi connectivity index (χ2v) is 7.64. The topological polar surface area (TPSA) is 31.0 Å². The first kappa shape index (κ1) is 15.8. The van der Waals surface area contributed by atoms with E-state index in [1.165, 1.54) is 21.8 Å². The van der Waals surface area contributed by atoms with Crippen molar-refractivity contribution in [3.63, 3.8) is 0 Å². The molecular weight excluding hydrogens is 368 g/mol. The van der Waals surface area contributed by atoms with Crippen LogP contribution in [0.3, 0.4) is 0 Å². The Bertz CT molecular complexity index is 1740. The molecule has 0 fully saturated rings. The summed E-state index contributed by atoms with van der Waals surface area (Å²) in [7, 11) is 0. The fraction of sp³-hybridized carbons (Fsp3) is 0. The average Bonchev–Trinajstić information content (AvgIpc) is 3.36. The van der Waals surface area contributed by atoms with Crippen molar-refractivity contribution in [1.29, 1.82) is 0 Å². The molecule has 4 aromatic carbocycles. The van der Waals surface area contributed by atoms with Crippen LogP contribution in [0.4, 0.5) is 0 Å². The first-order valence-electron chi connectivity index (χ1n) is 10.1. The van der Waals surface area contributed by atoms with Gasteiger partial charge in [0.25, 0.3) is 0 Å². The summed E-state index contributed by atoms with van der Waals surface area (Å²) < 4.78 is 8.78. The number of para-hydroxylation sites is 3. The summed E-state index contributed by atoms with van der Waals surface area (Å²) in [6.07, 6.45) is 3.79. The van der Waals surface area contributed by atoms with Crippen LogP contribution in [0.2, 0.25) is 0 Å². The summed E-state index contributed by atoms with van der Waals surface area (Å²) in [5.74, 6) is 0. The minimum absolute atomic E-state index is 0.895. The Morgan fingerprint density at radius 2 is 1.40 bits per heavy atom. The van der Waals surface area contributed by atoms with Crippen molar-refractivity contribution in [3.05, 3.63) is 97.3 Å². The number of aromatic nitrogens is 2. The van der Waals surface area contributed by atoms with Gasteiger partial charge in [0.05, 0.1) is 16.4 Å². The number of furan rings is 1. The Labute approximate surface area is 171 Å². The summed E-state index contributed by atoms with van der Waals surface area (Å²) in [6.45, 7) is 0. The van der Waals surface area contributed by atoms with Gasteiger partial charge in [-0.3, -0.25) is 4.98 Å². The van der Waals surface area contributed by atoms with E-state index in [1.807, 2.05) is 24.5 Å². The molecule has 0 spiro atoms. The molecule has 3 nitrogen and oxygen atoms in total. The van der Waals surface area contributed by atoms with E-state index in [4.69, 9.17) is 4.42 Å². The number of hydrogen-bond acceptors (Lipinski definition) is 2. The van der Waals surface area contributed by atoms with E-state index in [0.717, 1.165) is 38.4 Å². The molecule has 3 aromatic heterocycles. The smallest absolute Gasteiger partial charge is 0.146 e. The molecule has 7 rings (SSSR count). The molecule has 0 saturated heterocycles. The van der Waals surface area contributed by atoms with E-state index in [-0.39, 0.29) is 0 Å². The lowest BCUT2D eigenvalue weighted by Gasteiger charge is -2.09. The normalized spacial score (nSPS) is 12.0. The van der Waals surface area contributed by atoms with Crippen LogP contribution >= 0.6 is 0 Å². The highest BCUT2D eigenvalue weighted by molar-refractivity contribution is 6.35. The van der Waals surface area contributed by atoms with Gasteiger partial charge in [0, 0.05) is 39.6 Å². The van der Waals surface area contributed by atoms with Crippen LogP contribution in [0.25, 0.3) is 60.2 Å². The van der Waals surface area contributed by atoms with Crippen molar-refractivity contribution in [1.82, 2.24) is 9.55 Å². The predicted octanol–water partition coefficient (Wildman–Crippen LogP) is 7.23. The lowest BCUT2D eigenvalue weighted by Crippen LogP contribution is -1.93. The second kappa shape index (κ2) is 5.71. The fourth-order valence-corrected chi connectivity index (χ4v) is 4.86. The first-order valence-corrected chi connectivity index (χ1v) is 10.1. The van der Waals surface area contributed by atoms with Gasteiger partial charge in [-0.05, 0) is 35.7 Å². The van der Waals surface area contributed by atoms with Crippen molar-refractivity contribution in [2.45, 2.75) is 0 Å². The molecule has 0 bridgehead atoms. The van der Waals surface area contributed by atoms with E-state index in [2.05, 4.69) is 82.3 Å². The molecule has 0 N–H and O–H groups in total. The van der Waals surface area contributed by atoms with Gasteiger partial charge in [-0.15, -0.1) is 0 Å². The molecule has 0 aliphatic rings. The summed E-state index contributed by atoms with van der Waals surface area (Å²) in [5.41, 5.74) is 5.31. The molecule has 0 unspecified atom stereocenters. The van der Waals surface area contributed by atoms with Crippen LogP contribution in [0.15, 0.2) is 102 Å². The van der Waals surface area contributed by atoms with E-state index in [9.17, 15) is 0 Å². The SMILES string of the molecule is c1ccc(-n2c3ccccc3c3c4ccncc4c4oc5ccccc5c4c32)cc1. The van der Waals surface area contributed by atoms with Gasteiger partial charge in [0.1, 0.15) is 11.2 Å². The number of pyridine rings is 1. The highest BCUT2D eigenvalue weighted by Crippen LogP contribution is 2.45. The third kappa shape index (κ3) is 1.91. The number of rotatable bonds is 1. The maximum Gasteiger partial charge on any atom is 0.146 e. The maximum atomic E-state index is 6.41. The van der Waals surface area contributed by atoms with Crippen molar-refractivity contribution < 1.29 is 4.42 Å². The van der Waals surface area contributed by atoms with Crippen LogP contribution in [-0.2, 0) is 0 Å². The molecule has 7 aromatic rings. The van der Waals surface area contributed by atoms with Crippen molar-refractivity contribution in [2.75, 3.05) is 0 Å². The van der Waals surface area contributed by atoms with E-state index in [0.29, 0.717) is 0 Å². The van der Waals surface area contributed by atoms with Gasteiger partial charge in [0.15, 0.2) is 0 Å². The molecule has 30 heavy (non-hydrogen) atoms. The Morgan fingerprint density at radius 1 is 0.633 bits per heavy atom. The van der Waals surface area contributed by atoms with Crippen LogP contribution in [0.5, 0.6) is 0 Å². The molecule has 0 saturated carbocycles. The quantitative estimate of drug-likeness (QED) is 0.299. The zero-order chi connectivity index (χ0) is 19.7. The maximum absolute atomic E-state index is 6.41. The Morgan fingerprint density at radius 3 is 2.30 bits per heavy atom. The molecule has 0 radical (unpaired) electrons. The highest BCUT2D eigenvalue weighted by Gasteiger charge is 2.22. The zero-order valence-electron chi connectivity index (χ0n) is 16.0. The first-order chi connectivity index (χ1) is 14.9. The lowest BCUT2D eigenvalue weighted by atomic mass is 10.0. The summed E-state index contributed by atoms with van der Waals surface area (Å²) in [4.78, 5) is 4.42. The molecule has 3 heterocycles. The van der Waals surface area contributed by atoms with Gasteiger partial charge >= 0.3 is 0 Å². The fourth-order valence-electron chi connectivity index (χ4n) is 4.86. The molecule has 0 aliphatic heterocycles. The van der Waals surface area contributed by atoms with Gasteiger partial charge < -0.3 is 8.98 Å². The van der Waals surface area contributed by atoms with Crippen LogP contribution < -0.4 is 0 Å². The molecule has 140 valence electrons. The largest absolute Gasteiger partial charge is 0.455 e. The monoisotopic (exact) mass is 384 g/mol. The van der Waals surface area contributed by atoms with E-state index < -0.39 is 0 Å². The summed E-state index contributed by atoms with van der Waals surface area (Å²) in [6, 6.07) is 29.6. The Balaban J connectivity index is 1.91. The molecule has 3 heteroatoms. The van der Waals surface area contributed by atoms with E-state index >= 15 is 0 Å². The Hall–Kier alpha value is -4.11. The lowest BCUT2D eigenvalue weighted by molar-refractivity contribution is 0.672. The van der Waals surface area contributed by atoms with Gasteiger partial charge in [-0.25, -0.2) is 0 Å². The summed E-state index contributed by atoms with van der Waals surface area (Å²) >= 11 is 0. The Kier molecular flexibility index (Phi) is 3.00.